The van der Waals surface area contributed by atoms with Gasteiger partial charge in [0.2, 0.25) is 0 Å². The molecule has 1 saturated carbocycles. The largest absolute Gasteiger partial charge is 0.507 e. The molecule has 3 nitrogen and oxygen atoms in total. The van der Waals surface area contributed by atoms with Crippen molar-refractivity contribution in [3.63, 3.8) is 0 Å². The Bertz CT molecular complexity index is 498. The lowest BCUT2D eigenvalue weighted by atomic mass is 10.1. The third-order valence-corrected chi connectivity index (χ3v) is 3.52. The van der Waals surface area contributed by atoms with Gasteiger partial charge in [0.25, 0.3) is 5.91 Å². The molecule has 0 atom stereocenters. The van der Waals surface area contributed by atoms with E-state index in [0.717, 1.165) is 0 Å². The van der Waals surface area contributed by atoms with Crippen LogP contribution in [0.25, 0.3) is 0 Å². The Balaban J connectivity index is 2.21. The molecule has 2 N–H and O–H groups in total. The zero-order chi connectivity index (χ0) is 13.6. The van der Waals surface area contributed by atoms with Crippen LogP contribution in [0.1, 0.15) is 23.2 Å². The fourth-order valence-electron chi connectivity index (χ4n) is 1.58. The molecule has 0 unspecified atom stereocenters. The summed E-state index contributed by atoms with van der Waals surface area (Å²) in [6.07, 6.45) is -4.69. The zero-order valence-electron chi connectivity index (χ0n) is 9.01. The Morgan fingerprint density at radius 1 is 1.39 bits per heavy atom. The van der Waals surface area contributed by atoms with Crippen molar-refractivity contribution in [1.29, 1.82) is 0 Å². The van der Waals surface area contributed by atoms with Crippen molar-refractivity contribution in [2.24, 2.45) is 0 Å². The molecule has 2 rings (SSSR count). The number of rotatable bonds is 2. The molecule has 0 saturated heterocycles. The lowest BCUT2D eigenvalue weighted by molar-refractivity contribution is -0.163. The molecule has 1 amide bonds. The molecular weight excluding hydrogens is 362 g/mol. The van der Waals surface area contributed by atoms with Gasteiger partial charge in [-0.15, -0.1) is 0 Å². The highest BCUT2D eigenvalue weighted by Gasteiger charge is 2.64. The van der Waals surface area contributed by atoms with Crippen molar-refractivity contribution in [2.45, 2.75) is 24.6 Å². The SMILES string of the molecule is O=C(NC1(C(F)(F)F)CC1)c1cc(I)ccc1O. The Hall–Kier alpha value is -0.990. The van der Waals surface area contributed by atoms with E-state index in [1.54, 1.807) is 6.07 Å². The van der Waals surface area contributed by atoms with E-state index < -0.39 is 17.6 Å². The van der Waals surface area contributed by atoms with Crippen molar-refractivity contribution < 1.29 is 23.1 Å². The molecule has 18 heavy (non-hydrogen) atoms. The minimum absolute atomic E-state index is 0.118. The van der Waals surface area contributed by atoms with Gasteiger partial charge in [-0.3, -0.25) is 4.79 Å². The minimum atomic E-state index is -4.46. The molecular formula is C11H9F3INO2. The van der Waals surface area contributed by atoms with Crippen LogP contribution in [-0.2, 0) is 0 Å². The molecule has 0 bridgehead atoms. The minimum Gasteiger partial charge on any atom is -0.507 e. The standard InChI is InChI=1S/C11H9F3INO2/c12-11(13,14)10(3-4-10)16-9(18)7-5-6(15)1-2-8(7)17/h1-2,5,17H,3-4H2,(H,16,18). The van der Waals surface area contributed by atoms with Gasteiger partial charge in [0.1, 0.15) is 11.3 Å². The van der Waals surface area contributed by atoms with E-state index in [2.05, 4.69) is 0 Å². The summed E-state index contributed by atoms with van der Waals surface area (Å²) in [4.78, 5) is 11.7. The van der Waals surface area contributed by atoms with Gasteiger partial charge in [-0.05, 0) is 53.6 Å². The zero-order valence-corrected chi connectivity index (χ0v) is 11.2. The van der Waals surface area contributed by atoms with Crippen molar-refractivity contribution in [3.8, 4) is 5.75 Å². The second kappa shape index (κ2) is 4.29. The van der Waals surface area contributed by atoms with Crippen LogP contribution in [0.2, 0.25) is 0 Å². The lowest BCUT2D eigenvalue weighted by Gasteiger charge is -2.20. The summed E-state index contributed by atoms with van der Waals surface area (Å²) in [6, 6.07) is 4.19. The fourth-order valence-corrected chi connectivity index (χ4v) is 2.07. The van der Waals surface area contributed by atoms with E-state index in [1.165, 1.54) is 12.1 Å². The molecule has 7 heteroatoms. The van der Waals surface area contributed by atoms with Gasteiger partial charge in [0.05, 0.1) is 5.56 Å². The molecule has 1 aromatic carbocycles. The third-order valence-electron chi connectivity index (χ3n) is 2.85. The third kappa shape index (κ3) is 2.40. The number of phenolic OH excluding ortho intramolecular Hbond substituents is 1. The highest BCUT2D eigenvalue weighted by molar-refractivity contribution is 14.1. The van der Waals surface area contributed by atoms with Crippen LogP contribution in [0, 0.1) is 3.57 Å². The number of hydrogen-bond acceptors (Lipinski definition) is 2. The molecule has 1 fully saturated rings. The van der Waals surface area contributed by atoms with Crippen molar-refractivity contribution in [1.82, 2.24) is 5.32 Å². The summed E-state index contributed by atoms with van der Waals surface area (Å²) in [7, 11) is 0. The first kappa shape index (κ1) is 13.4. The summed E-state index contributed by atoms with van der Waals surface area (Å²) in [5, 5.41) is 11.4. The summed E-state index contributed by atoms with van der Waals surface area (Å²) < 4.78 is 38.7. The lowest BCUT2D eigenvalue weighted by Crippen LogP contribution is -2.47. The maximum absolute atomic E-state index is 12.7. The van der Waals surface area contributed by atoms with Gasteiger partial charge in [0.15, 0.2) is 0 Å². The van der Waals surface area contributed by atoms with Crippen molar-refractivity contribution in [3.05, 3.63) is 27.3 Å². The molecule has 98 valence electrons. The quantitative estimate of drug-likeness (QED) is 0.786. The first-order chi connectivity index (χ1) is 8.25. The second-order valence-corrected chi connectivity index (χ2v) is 5.44. The number of phenols is 1. The van der Waals surface area contributed by atoms with Crippen LogP contribution in [0.15, 0.2) is 18.2 Å². The number of aromatic hydroxyl groups is 1. The van der Waals surface area contributed by atoms with Crippen molar-refractivity contribution in [2.75, 3.05) is 0 Å². The maximum Gasteiger partial charge on any atom is 0.411 e. The number of amides is 1. The highest BCUT2D eigenvalue weighted by Crippen LogP contribution is 2.49. The van der Waals surface area contributed by atoms with Crippen LogP contribution in [0.3, 0.4) is 0 Å². The molecule has 0 spiro atoms. The molecule has 1 aromatic rings. The van der Waals surface area contributed by atoms with Crippen LogP contribution < -0.4 is 5.32 Å². The van der Waals surface area contributed by atoms with Crippen LogP contribution in [0.4, 0.5) is 13.2 Å². The van der Waals surface area contributed by atoms with E-state index in [-0.39, 0.29) is 24.2 Å². The Morgan fingerprint density at radius 3 is 2.50 bits per heavy atom. The Labute approximate surface area is 115 Å². The first-order valence-corrected chi connectivity index (χ1v) is 6.21. The number of benzene rings is 1. The Morgan fingerprint density at radius 2 is 2.00 bits per heavy atom. The summed E-state index contributed by atoms with van der Waals surface area (Å²) >= 11 is 1.91. The predicted octanol–water partition coefficient (Wildman–Crippen LogP) is 2.82. The van der Waals surface area contributed by atoms with E-state index >= 15 is 0 Å². The van der Waals surface area contributed by atoms with E-state index in [4.69, 9.17) is 0 Å². The molecule has 0 radical (unpaired) electrons. The van der Waals surface area contributed by atoms with Gasteiger partial charge in [-0.2, -0.15) is 13.2 Å². The van der Waals surface area contributed by atoms with E-state index in [9.17, 15) is 23.1 Å². The van der Waals surface area contributed by atoms with Gasteiger partial charge in [0, 0.05) is 3.57 Å². The Kier molecular flexibility index (Phi) is 3.20. The molecule has 0 heterocycles. The highest BCUT2D eigenvalue weighted by atomic mass is 127. The first-order valence-electron chi connectivity index (χ1n) is 5.13. The van der Waals surface area contributed by atoms with Gasteiger partial charge >= 0.3 is 6.18 Å². The molecule has 1 aliphatic carbocycles. The van der Waals surface area contributed by atoms with Crippen LogP contribution in [0.5, 0.6) is 5.75 Å². The van der Waals surface area contributed by atoms with Gasteiger partial charge in [-0.25, -0.2) is 0 Å². The average Bonchev–Trinajstić information content (AvgIpc) is 3.01. The number of hydrogen-bond donors (Lipinski definition) is 2. The van der Waals surface area contributed by atoms with Crippen LogP contribution >= 0.6 is 22.6 Å². The molecule has 1 aliphatic rings. The number of carbonyl (C=O) groups is 1. The smallest absolute Gasteiger partial charge is 0.411 e. The molecule has 0 aromatic heterocycles. The summed E-state index contributed by atoms with van der Waals surface area (Å²) in [6.45, 7) is 0. The second-order valence-electron chi connectivity index (χ2n) is 4.20. The fraction of sp³-hybridized carbons (Fsp3) is 0.364. The summed E-state index contributed by atoms with van der Waals surface area (Å²) in [5.74, 6) is -1.23. The number of alkyl halides is 3. The number of nitrogens with one attached hydrogen (secondary N) is 1. The van der Waals surface area contributed by atoms with E-state index in [0.29, 0.717) is 3.57 Å². The maximum atomic E-state index is 12.7. The topological polar surface area (TPSA) is 49.3 Å². The predicted molar refractivity (Wildman–Crippen MR) is 66.3 cm³/mol. The average molecular weight is 371 g/mol. The number of halogens is 4. The number of carbonyl (C=O) groups excluding carboxylic acids is 1. The van der Waals surface area contributed by atoms with Crippen molar-refractivity contribution >= 4 is 28.5 Å². The normalized spacial score (nSPS) is 17.3. The van der Waals surface area contributed by atoms with E-state index in [1.807, 2.05) is 27.9 Å². The van der Waals surface area contributed by atoms with Gasteiger partial charge in [-0.1, -0.05) is 0 Å². The molecule has 0 aliphatic heterocycles. The van der Waals surface area contributed by atoms with Gasteiger partial charge < -0.3 is 10.4 Å². The monoisotopic (exact) mass is 371 g/mol. The van der Waals surface area contributed by atoms with Crippen LogP contribution in [-0.4, -0.2) is 22.7 Å². The summed E-state index contributed by atoms with van der Waals surface area (Å²) in [5.41, 5.74) is -2.25.